The number of nitrogens with zero attached hydrogens (tertiary/aromatic N) is 1. The standard InChI is InChI=1S/C32H32ClF2N3O5/c1-32(2,3)43-31(41)38-16-25(27(35)28(38)29(39)36-15-18-9-8-14-24(33)26(18)34)37-30(40)42-17-23-21-12-6-4-10-19(21)20-11-5-7-13-22(20)23/h4-14,23,25,27-28H,15-17H2,1-3H3,(H,36,39)(H,37,40)/t25-,27+,28+/m1/s1. The predicted octanol–water partition coefficient (Wildman–Crippen LogP) is 5.96. The molecule has 226 valence electrons. The summed E-state index contributed by atoms with van der Waals surface area (Å²) in [5.74, 6) is -1.80. The Morgan fingerprint density at radius 3 is 2.23 bits per heavy atom. The maximum Gasteiger partial charge on any atom is 0.411 e. The Morgan fingerprint density at radius 2 is 1.60 bits per heavy atom. The lowest BCUT2D eigenvalue weighted by atomic mass is 9.98. The van der Waals surface area contributed by atoms with Crippen molar-refractivity contribution in [3.05, 3.63) is 94.3 Å². The van der Waals surface area contributed by atoms with Crippen LogP contribution in [0.4, 0.5) is 18.4 Å². The van der Waals surface area contributed by atoms with Crippen LogP contribution in [-0.4, -0.2) is 60.0 Å². The Hall–Kier alpha value is -4.18. The number of benzene rings is 3. The van der Waals surface area contributed by atoms with Gasteiger partial charge in [0.05, 0.1) is 11.1 Å². The van der Waals surface area contributed by atoms with Crippen LogP contribution in [-0.2, 0) is 20.8 Å². The first-order valence-corrected chi connectivity index (χ1v) is 14.3. The summed E-state index contributed by atoms with van der Waals surface area (Å²) in [4.78, 5) is 40.0. The van der Waals surface area contributed by atoms with Gasteiger partial charge in [-0.2, -0.15) is 0 Å². The largest absolute Gasteiger partial charge is 0.449 e. The predicted molar refractivity (Wildman–Crippen MR) is 157 cm³/mol. The maximum absolute atomic E-state index is 15.8. The van der Waals surface area contributed by atoms with Crippen molar-refractivity contribution in [3.63, 3.8) is 0 Å². The van der Waals surface area contributed by atoms with Gasteiger partial charge in [-0.3, -0.25) is 9.69 Å². The van der Waals surface area contributed by atoms with E-state index in [1.807, 2.05) is 48.5 Å². The smallest absolute Gasteiger partial charge is 0.411 e. The van der Waals surface area contributed by atoms with Crippen LogP contribution in [0.15, 0.2) is 66.7 Å². The molecule has 3 aromatic carbocycles. The average molecular weight is 612 g/mol. The maximum atomic E-state index is 15.8. The summed E-state index contributed by atoms with van der Waals surface area (Å²) in [7, 11) is 0. The molecule has 2 aliphatic rings. The fourth-order valence-electron chi connectivity index (χ4n) is 5.50. The van der Waals surface area contributed by atoms with Gasteiger partial charge in [-0.15, -0.1) is 0 Å². The molecule has 8 nitrogen and oxygen atoms in total. The van der Waals surface area contributed by atoms with Gasteiger partial charge in [0.1, 0.15) is 24.1 Å². The van der Waals surface area contributed by atoms with Crippen LogP contribution in [0.25, 0.3) is 11.1 Å². The van der Waals surface area contributed by atoms with Crippen molar-refractivity contribution in [3.8, 4) is 11.1 Å². The number of nitrogens with one attached hydrogen (secondary N) is 2. The average Bonchev–Trinajstić information content (AvgIpc) is 3.46. The van der Waals surface area contributed by atoms with Crippen molar-refractivity contribution in [1.29, 1.82) is 0 Å². The lowest BCUT2D eigenvalue weighted by molar-refractivity contribution is -0.127. The fourth-order valence-corrected chi connectivity index (χ4v) is 5.70. The summed E-state index contributed by atoms with van der Waals surface area (Å²) in [6.45, 7) is 4.28. The highest BCUT2D eigenvalue weighted by Gasteiger charge is 2.50. The Kier molecular flexibility index (Phi) is 8.59. The van der Waals surface area contributed by atoms with Gasteiger partial charge >= 0.3 is 12.2 Å². The van der Waals surface area contributed by atoms with Gasteiger partial charge in [0.25, 0.3) is 0 Å². The molecular formula is C32H32ClF2N3O5. The second-order valence-corrected chi connectivity index (χ2v) is 11.9. The van der Waals surface area contributed by atoms with Crippen molar-refractivity contribution in [2.45, 2.75) is 57.1 Å². The van der Waals surface area contributed by atoms with Crippen LogP contribution >= 0.6 is 11.6 Å². The molecule has 0 bridgehead atoms. The Bertz CT molecular complexity index is 1500. The van der Waals surface area contributed by atoms with Crippen molar-refractivity contribution in [2.75, 3.05) is 13.2 Å². The monoisotopic (exact) mass is 611 g/mol. The number of likely N-dealkylation sites (tertiary alicyclic amines) is 1. The molecule has 1 aliphatic heterocycles. The highest BCUT2D eigenvalue weighted by Crippen LogP contribution is 2.44. The Labute approximate surface area is 253 Å². The normalized spacial score (nSPS) is 19.4. The SMILES string of the molecule is CC(C)(C)OC(=O)N1C[C@@H](NC(=O)OCC2c3ccccc3-c3ccccc32)[C@H](F)[C@H]1C(=O)NCc1cccc(Cl)c1F. The summed E-state index contributed by atoms with van der Waals surface area (Å²) in [6, 6.07) is 17.1. The highest BCUT2D eigenvalue weighted by molar-refractivity contribution is 6.30. The molecule has 1 saturated heterocycles. The zero-order chi connectivity index (χ0) is 30.9. The number of alkyl halides is 1. The summed E-state index contributed by atoms with van der Waals surface area (Å²) in [6.07, 6.45) is -3.82. The van der Waals surface area contributed by atoms with Gasteiger partial charge in [0.15, 0.2) is 6.17 Å². The second kappa shape index (κ2) is 12.2. The lowest BCUT2D eigenvalue weighted by Crippen LogP contribution is -2.50. The molecule has 3 amide bonds. The van der Waals surface area contributed by atoms with Gasteiger partial charge < -0.3 is 20.1 Å². The van der Waals surface area contributed by atoms with E-state index in [0.717, 1.165) is 27.2 Å². The summed E-state index contributed by atoms with van der Waals surface area (Å²) < 4.78 is 41.1. The van der Waals surface area contributed by atoms with E-state index in [1.54, 1.807) is 20.8 Å². The first-order chi connectivity index (χ1) is 20.4. The van der Waals surface area contributed by atoms with Crippen LogP contribution in [0.3, 0.4) is 0 Å². The number of alkyl carbamates (subject to hydrolysis) is 1. The van der Waals surface area contributed by atoms with E-state index in [4.69, 9.17) is 21.1 Å². The molecule has 3 atom stereocenters. The van der Waals surface area contributed by atoms with Crippen LogP contribution in [0.5, 0.6) is 0 Å². The third-order valence-corrected chi connectivity index (χ3v) is 7.74. The number of fused-ring (bicyclic) bond motifs is 3. The first kappa shape index (κ1) is 30.3. The minimum absolute atomic E-state index is 0.00836. The third kappa shape index (κ3) is 6.44. The van der Waals surface area contributed by atoms with Gasteiger partial charge in [-0.05, 0) is 49.1 Å². The van der Waals surface area contributed by atoms with Crippen LogP contribution < -0.4 is 10.6 Å². The third-order valence-electron chi connectivity index (χ3n) is 7.44. The van der Waals surface area contributed by atoms with E-state index in [0.29, 0.717) is 0 Å². The molecular weight excluding hydrogens is 580 g/mol. The Balaban J connectivity index is 1.27. The molecule has 1 heterocycles. The quantitative estimate of drug-likeness (QED) is 0.359. The molecule has 0 radical (unpaired) electrons. The highest BCUT2D eigenvalue weighted by atomic mass is 35.5. The fraction of sp³-hybridized carbons (Fsp3) is 0.344. The first-order valence-electron chi connectivity index (χ1n) is 13.9. The van der Waals surface area contributed by atoms with E-state index in [-0.39, 0.29) is 36.2 Å². The number of ether oxygens (including phenoxy) is 2. The minimum atomic E-state index is -2.00. The molecule has 43 heavy (non-hydrogen) atoms. The lowest BCUT2D eigenvalue weighted by Gasteiger charge is -2.28. The number of hydrogen-bond donors (Lipinski definition) is 2. The van der Waals surface area contributed by atoms with Crippen molar-refractivity contribution >= 4 is 29.7 Å². The molecule has 2 N–H and O–H groups in total. The number of halogens is 3. The minimum Gasteiger partial charge on any atom is -0.449 e. The summed E-state index contributed by atoms with van der Waals surface area (Å²) in [5.41, 5.74) is 3.32. The summed E-state index contributed by atoms with van der Waals surface area (Å²) >= 11 is 5.82. The molecule has 11 heteroatoms. The number of carbonyl (C=O) groups excluding carboxylic acids is 3. The van der Waals surface area contributed by atoms with Gasteiger partial charge in [-0.1, -0.05) is 72.3 Å². The van der Waals surface area contributed by atoms with E-state index in [1.165, 1.54) is 18.2 Å². The molecule has 0 spiro atoms. The van der Waals surface area contributed by atoms with E-state index in [9.17, 15) is 18.8 Å². The summed E-state index contributed by atoms with van der Waals surface area (Å²) in [5, 5.41) is 4.83. The van der Waals surface area contributed by atoms with Gasteiger partial charge in [0.2, 0.25) is 5.91 Å². The molecule has 5 rings (SSSR count). The topological polar surface area (TPSA) is 97.0 Å². The van der Waals surface area contributed by atoms with E-state index < -0.39 is 47.8 Å². The van der Waals surface area contributed by atoms with Crippen LogP contribution in [0.1, 0.15) is 43.4 Å². The van der Waals surface area contributed by atoms with E-state index in [2.05, 4.69) is 10.6 Å². The molecule has 0 unspecified atom stereocenters. The van der Waals surface area contributed by atoms with Gasteiger partial charge in [-0.25, -0.2) is 18.4 Å². The molecule has 0 aromatic heterocycles. The molecule has 3 aromatic rings. The molecule has 1 aliphatic carbocycles. The van der Waals surface area contributed by atoms with Crippen LogP contribution in [0.2, 0.25) is 5.02 Å². The van der Waals surface area contributed by atoms with Crippen molar-refractivity contribution < 1.29 is 32.6 Å². The van der Waals surface area contributed by atoms with Crippen molar-refractivity contribution in [2.24, 2.45) is 0 Å². The zero-order valence-corrected chi connectivity index (χ0v) is 24.7. The molecule has 0 saturated carbocycles. The van der Waals surface area contributed by atoms with E-state index >= 15 is 4.39 Å². The number of amides is 3. The van der Waals surface area contributed by atoms with Crippen LogP contribution in [0, 0.1) is 5.82 Å². The van der Waals surface area contributed by atoms with Crippen molar-refractivity contribution in [1.82, 2.24) is 15.5 Å². The number of hydrogen-bond acceptors (Lipinski definition) is 5. The second-order valence-electron chi connectivity index (χ2n) is 11.5. The molecule has 1 fully saturated rings. The van der Waals surface area contributed by atoms with Gasteiger partial charge in [0, 0.05) is 24.6 Å². The number of rotatable bonds is 6. The number of carbonyl (C=O) groups is 3. The zero-order valence-electron chi connectivity index (χ0n) is 23.9. The Morgan fingerprint density at radius 1 is 0.977 bits per heavy atom.